The molecule has 1 aromatic carbocycles. The Morgan fingerprint density at radius 1 is 1.35 bits per heavy atom. The second-order valence-corrected chi connectivity index (χ2v) is 6.23. The van der Waals surface area contributed by atoms with Gasteiger partial charge in [0.25, 0.3) is 0 Å². The summed E-state index contributed by atoms with van der Waals surface area (Å²) in [5.74, 6) is 0.297. The van der Waals surface area contributed by atoms with Crippen molar-refractivity contribution in [2.75, 3.05) is 12.4 Å². The normalized spacial score (nSPS) is 18.6. The Morgan fingerprint density at radius 3 is 2.55 bits per heavy atom. The smallest absolute Gasteiger partial charge is 0.312 e. The summed E-state index contributed by atoms with van der Waals surface area (Å²) in [4.78, 5) is 10.6. The number of nitro benzene ring substituents is 1. The van der Waals surface area contributed by atoms with Gasteiger partial charge in [0.1, 0.15) is 0 Å². The molecule has 0 aliphatic heterocycles. The fourth-order valence-corrected chi connectivity index (χ4v) is 2.70. The molecule has 5 nitrogen and oxygen atoms in total. The van der Waals surface area contributed by atoms with Crippen molar-refractivity contribution in [1.29, 1.82) is 0 Å². The van der Waals surface area contributed by atoms with Crippen molar-refractivity contribution in [3.63, 3.8) is 0 Å². The van der Waals surface area contributed by atoms with E-state index in [-0.39, 0.29) is 5.69 Å². The van der Waals surface area contributed by atoms with Crippen molar-refractivity contribution in [3.8, 4) is 5.75 Å². The zero-order valence-electron chi connectivity index (χ0n) is 12.3. The summed E-state index contributed by atoms with van der Waals surface area (Å²) in [7, 11) is 1.44. The third-order valence-corrected chi connectivity index (χ3v) is 4.09. The van der Waals surface area contributed by atoms with E-state index in [0.29, 0.717) is 17.2 Å². The minimum absolute atomic E-state index is 0.00800. The van der Waals surface area contributed by atoms with Crippen LogP contribution in [0.25, 0.3) is 0 Å². The van der Waals surface area contributed by atoms with E-state index in [1.807, 2.05) is 6.07 Å². The van der Waals surface area contributed by atoms with Gasteiger partial charge in [-0.2, -0.15) is 0 Å². The Kier molecular flexibility index (Phi) is 4.16. The largest absolute Gasteiger partial charge is 0.490 e. The lowest BCUT2D eigenvalue weighted by Crippen LogP contribution is -2.29. The molecule has 0 radical (unpaired) electrons. The van der Waals surface area contributed by atoms with Gasteiger partial charge >= 0.3 is 5.69 Å². The van der Waals surface area contributed by atoms with Crippen molar-refractivity contribution < 1.29 is 9.66 Å². The molecule has 1 N–H and O–H groups in total. The highest BCUT2D eigenvalue weighted by atomic mass is 16.6. The molecule has 1 aliphatic rings. The molecule has 0 heterocycles. The van der Waals surface area contributed by atoms with Gasteiger partial charge in [-0.15, -0.1) is 0 Å². The molecule has 0 bridgehead atoms. The maximum Gasteiger partial charge on any atom is 0.312 e. The van der Waals surface area contributed by atoms with Crippen molar-refractivity contribution >= 4 is 11.4 Å². The number of anilines is 1. The molecule has 0 unspecified atom stereocenters. The predicted molar refractivity (Wildman–Crippen MR) is 79.3 cm³/mol. The molecule has 0 spiro atoms. The Balaban J connectivity index is 2.07. The first-order chi connectivity index (χ1) is 9.41. The van der Waals surface area contributed by atoms with E-state index in [9.17, 15) is 10.1 Å². The highest BCUT2D eigenvalue weighted by molar-refractivity contribution is 5.58. The van der Waals surface area contributed by atoms with E-state index in [0.717, 1.165) is 18.5 Å². The molecule has 5 heteroatoms. The van der Waals surface area contributed by atoms with Gasteiger partial charge in [0.15, 0.2) is 5.75 Å². The highest BCUT2D eigenvalue weighted by Gasteiger charge is 2.27. The van der Waals surface area contributed by atoms with Gasteiger partial charge in [0, 0.05) is 17.8 Å². The van der Waals surface area contributed by atoms with Crippen LogP contribution in [-0.4, -0.2) is 18.1 Å². The second-order valence-electron chi connectivity index (χ2n) is 6.23. The number of benzene rings is 1. The Hall–Kier alpha value is -1.78. The number of nitrogens with one attached hydrogen (secondary N) is 1. The minimum Gasteiger partial charge on any atom is -0.490 e. The van der Waals surface area contributed by atoms with Crippen molar-refractivity contribution in [3.05, 3.63) is 28.3 Å². The van der Waals surface area contributed by atoms with Crippen LogP contribution < -0.4 is 10.1 Å². The maximum atomic E-state index is 11.0. The SMILES string of the molecule is COc1ccc(NC2CCC(C)(C)CC2)cc1[N+](=O)[O-]. The van der Waals surface area contributed by atoms with Crippen LogP contribution in [0.1, 0.15) is 39.5 Å². The summed E-state index contributed by atoms with van der Waals surface area (Å²) >= 11 is 0. The maximum absolute atomic E-state index is 11.0. The Labute approximate surface area is 119 Å². The summed E-state index contributed by atoms with van der Waals surface area (Å²) in [6, 6.07) is 5.44. The summed E-state index contributed by atoms with van der Waals surface area (Å²) in [6.07, 6.45) is 4.57. The number of nitro groups is 1. The number of methoxy groups -OCH3 is 1. The zero-order valence-corrected chi connectivity index (χ0v) is 12.3. The van der Waals surface area contributed by atoms with E-state index in [1.165, 1.54) is 20.0 Å². The van der Waals surface area contributed by atoms with Crippen LogP contribution in [0.5, 0.6) is 5.75 Å². The van der Waals surface area contributed by atoms with E-state index >= 15 is 0 Å². The van der Waals surface area contributed by atoms with Gasteiger partial charge in [-0.1, -0.05) is 13.8 Å². The van der Waals surface area contributed by atoms with E-state index in [1.54, 1.807) is 12.1 Å². The second kappa shape index (κ2) is 5.69. The average molecular weight is 278 g/mol. The van der Waals surface area contributed by atoms with Gasteiger partial charge in [0.05, 0.1) is 12.0 Å². The number of nitrogens with zero attached hydrogens (tertiary/aromatic N) is 1. The molecule has 0 aromatic heterocycles. The van der Waals surface area contributed by atoms with Crippen molar-refractivity contribution in [2.24, 2.45) is 5.41 Å². The highest BCUT2D eigenvalue weighted by Crippen LogP contribution is 2.37. The Morgan fingerprint density at radius 2 is 2.00 bits per heavy atom. The molecule has 110 valence electrons. The van der Waals surface area contributed by atoms with Crippen LogP contribution in [0.3, 0.4) is 0 Å². The standard InChI is InChI=1S/C15H22N2O3/c1-15(2)8-6-11(7-9-15)16-12-4-5-14(20-3)13(10-12)17(18)19/h4-5,10-11,16H,6-9H2,1-3H3. The average Bonchev–Trinajstić information content (AvgIpc) is 2.41. The molecule has 2 rings (SSSR count). The molecule has 20 heavy (non-hydrogen) atoms. The number of hydrogen-bond donors (Lipinski definition) is 1. The molecule has 1 saturated carbocycles. The van der Waals surface area contributed by atoms with E-state index < -0.39 is 4.92 Å². The Bertz CT molecular complexity index is 490. The predicted octanol–water partition coefficient (Wildman–Crippen LogP) is 3.98. The summed E-state index contributed by atoms with van der Waals surface area (Å²) < 4.78 is 5.01. The quantitative estimate of drug-likeness (QED) is 0.668. The first kappa shape index (κ1) is 14.6. The van der Waals surface area contributed by atoms with Gasteiger partial charge in [0.2, 0.25) is 0 Å². The van der Waals surface area contributed by atoms with Crippen molar-refractivity contribution in [2.45, 2.75) is 45.6 Å². The topological polar surface area (TPSA) is 64.4 Å². The lowest BCUT2D eigenvalue weighted by molar-refractivity contribution is -0.385. The molecule has 0 saturated heterocycles. The van der Waals surface area contributed by atoms with Crippen LogP contribution in [-0.2, 0) is 0 Å². The van der Waals surface area contributed by atoms with Crippen LogP contribution >= 0.6 is 0 Å². The van der Waals surface area contributed by atoms with Crippen LogP contribution in [0.15, 0.2) is 18.2 Å². The molecular formula is C15H22N2O3. The third-order valence-electron chi connectivity index (χ3n) is 4.09. The van der Waals surface area contributed by atoms with Gasteiger partial charge in [-0.25, -0.2) is 0 Å². The fraction of sp³-hybridized carbons (Fsp3) is 0.600. The van der Waals surface area contributed by atoms with Crippen molar-refractivity contribution in [1.82, 2.24) is 0 Å². The number of rotatable bonds is 4. The zero-order chi connectivity index (χ0) is 14.8. The summed E-state index contributed by atoms with van der Waals surface area (Å²) in [6.45, 7) is 4.59. The van der Waals surface area contributed by atoms with E-state index in [4.69, 9.17) is 4.74 Å². The number of hydrogen-bond acceptors (Lipinski definition) is 4. The minimum atomic E-state index is -0.409. The monoisotopic (exact) mass is 278 g/mol. The molecule has 0 amide bonds. The van der Waals surface area contributed by atoms with Gasteiger partial charge in [-0.05, 0) is 43.2 Å². The lowest BCUT2D eigenvalue weighted by Gasteiger charge is -2.35. The molecular weight excluding hydrogens is 256 g/mol. The van der Waals surface area contributed by atoms with Gasteiger partial charge < -0.3 is 10.1 Å². The van der Waals surface area contributed by atoms with Gasteiger partial charge in [-0.3, -0.25) is 10.1 Å². The molecule has 1 aliphatic carbocycles. The fourth-order valence-electron chi connectivity index (χ4n) is 2.70. The summed E-state index contributed by atoms with van der Waals surface area (Å²) in [5.41, 5.74) is 1.22. The molecule has 1 fully saturated rings. The summed E-state index contributed by atoms with van der Waals surface area (Å²) in [5, 5.41) is 14.4. The number of ether oxygens (including phenoxy) is 1. The third kappa shape index (κ3) is 3.40. The van der Waals surface area contributed by atoms with E-state index in [2.05, 4.69) is 19.2 Å². The first-order valence-corrected chi connectivity index (χ1v) is 7.00. The molecule has 1 aromatic rings. The lowest BCUT2D eigenvalue weighted by atomic mass is 9.75. The van der Waals surface area contributed by atoms with Crippen LogP contribution in [0.2, 0.25) is 0 Å². The van der Waals surface area contributed by atoms with Crippen LogP contribution in [0.4, 0.5) is 11.4 Å². The molecule has 0 atom stereocenters. The van der Waals surface area contributed by atoms with Crippen LogP contribution in [0, 0.1) is 15.5 Å². The first-order valence-electron chi connectivity index (χ1n) is 7.00.